The molecule has 0 saturated heterocycles. The highest BCUT2D eigenvalue weighted by Gasteiger charge is 2.05. The van der Waals surface area contributed by atoms with E-state index in [-0.39, 0.29) is 0 Å². The van der Waals surface area contributed by atoms with Crippen molar-refractivity contribution in [2.75, 3.05) is 0 Å². The fourth-order valence-electron chi connectivity index (χ4n) is 2.03. The molecule has 0 amide bonds. The van der Waals surface area contributed by atoms with Crippen molar-refractivity contribution in [1.82, 2.24) is 0 Å². The normalized spacial score (nSPS) is 29.5. The van der Waals surface area contributed by atoms with Crippen LogP contribution in [0.3, 0.4) is 0 Å². The van der Waals surface area contributed by atoms with Crippen molar-refractivity contribution in [3.63, 3.8) is 0 Å². The molecule has 1 aliphatic rings. The predicted octanol–water partition coefficient (Wildman–Crippen LogP) is 5.06. The predicted molar refractivity (Wildman–Crippen MR) is 73.6 cm³/mol. The molecule has 1 aliphatic carbocycles. The highest BCUT2D eigenvalue weighted by atomic mass is 32.1. The lowest BCUT2D eigenvalue weighted by atomic mass is 9.95. The first-order chi connectivity index (χ1) is 7.79. The fraction of sp³-hybridized carbons (Fsp3) is 0.333. The summed E-state index contributed by atoms with van der Waals surface area (Å²) in [5.41, 5.74) is 2.73. The molecule has 0 nitrogen and oxygen atoms in total. The van der Waals surface area contributed by atoms with Gasteiger partial charge < -0.3 is 0 Å². The summed E-state index contributed by atoms with van der Waals surface area (Å²) >= 11 is 1.81. The first-order valence-electron chi connectivity index (χ1n) is 5.90. The minimum Gasteiger partial charge on any atom is -0.144 e. The molecule has 0 radical (unpaired) electrons. The third-order valence-corrected chi connectivity index (χ3v) is 3.87. The van der Waals surface area contributed by atoms with Gasteiger partial charge in [-0.3, -0.25) is 0 Å². The Morgan fingerprint density at radius 2 is 2.31 bits per heavy atom. The number of allylic oxidation sites excluding steroid dienone is 6. The summed E-state index contributed by atoms with van der Waals surface area (Å²) in [7, 11) is 0. The average Bonchev–Trinajstić information content (AvgIpc) is 2.76. The lowest BCUT2D eigenvalue weighted by Crippen LogP contribution is -1.95. The maximum atomic E-state index is 2.40. The lowest BCUT2D eigenvalue weighted by molar-refractivity contribution is 0.634. The Hall–Kier alpha value is -1.08. The van der Waals surface area contributed by atoms with Crippen LogP contribution in [0.15, 0.2) is 47.4 Å². The maximum absolute atomic E-state index is 2.40. The molecule has 1 heteroatoms. The summed E-state index contributed by atoms with van der Waals surface area (Å²) in [6.07, 6.45) is 11.7. The summed E-state index contributed by atoms with van der Waals surface area (Å²) in [6.45, 7) is 4.46. The molecule has 0 spiro atoms. The molecular formula is C15H18S. The topological polar surface area (TPSA) is 0 Å². The number of thiophene rings is 1. The Bertz CT molecular complexity index is 418. The van der Waals surface area contributed by atoms with Gasteiger partial charge in [0.2, 0.25) is 0 Å². The van der Waals surface area contributed by atoms with Crippen molar-refractivity contribution in [2.45, 2.75) is 26.7 Å². The monoisotopic (exact) mass is 230 g/mol. The van der Waals surface area contributed by atoms with Crippen molar-refractivity contribution in [2.24, 2.45) is 5.92 Å². The minimum absolute atomic E-state index is 0.706. The van der Waals surface area contributed by atoms with Gasteiger partial charge in [0.1, 0.15) is 0 Å². The van der Waals surface area contributed by atoms with Crippen LogP contribution in [0.4, 0.5) is 0 Å². The summed E-state index contributed by atoms with van der Waals surface area (Å²) in [6, 6.07) is 4.30. The van der Waals surface area contributed by atoms with Crippen LogP contribution in [0, 0.1) is 5.92 Å². The second-order valence-electron chi connectivity index (χ2n) is 4.29. The molecule has 16 heavy (non-hydrogen) atoms. The molecule has 1 aromatic rings. The number of rotatable bonds is 2. The number of hydrogen-bond acceptors (Lipinski definition) is 1. The average molecular weight is 230 g/mol. The van der Waals surface area contributed by atoms with E-state index in [0.717, 1.165) is 6.42 Å². The summed E-state index contributed by atoms with van der Waals surface area (Å²) in [4.78, 5) is 1.36. The van der Waals surface area contributed by atoms with E-state index in [1.165, 1.54) is 22.4 Å². The molecule has 2 rings (SSSR count). The molecule has 1 atom stereocenters. The second-order valence-corrected chi connectivity index (χ2v) is 5.24. The van der Waals surface area contributed by atoms with Crippen molar-refractivity contribution in [1.29, 1.82) is 0 Å². The van der Waals surface area contributed by atoms with E-state index in [9.17, 15) is 0 Å². The van der Waals surface area contributed by atoms with Crippen molar-refractivity contribution < 1.29 is 0 Å². The van der Waals surface area contributed by atoms with Crippen molar-refractivity contribution >= 4 is 16.9 Å². The van der Waals surface area contributed by atoms with E-state index in [1.807, 2.05) is 11.3 Å². The van der Waals surface area contributed by atoms with E-state index in [0.29, 0.717) is 5.92 Å². The zero-order valence-electron chi connectivity index (χ0n) is 9.94. The molecular weight excluding hydrogens is 212 g/mol. The van der Waals surface area contributed by atoms with E-state index in [1.54, 1.807) is 0 Å². The van der Waals surface area contributed by atoms with Crippen LogP contribution >= 0.6 is 11.3 Å². The molecule has 0 bridgehead atoms. The van der Waals surface area contributed by atoms with E-state index in [4.69, 9.17) is 0 Å². The van der Waals surface area contributed by atoms with E-state index in [2.05, 4.69) is 55.7 Å². The van der Waals surface area contributed by atoms with Gasteiger partial charge in [-0.15, -0.1) is 11.3 Å². The van der Waals surface area contributed by atoms with Gasteiger partial charge >= 0.3 is 0 Å². The zero-order chi connectivity index (χ0) is 11.4. The van der Waals surface area contributed by atoms with Crippen LogP contribution < -0.4 is 0 Å². The van der Waals surface area contributed by atoms with E-state index >= 15 is 0 Å². The van der Waals surface area contributed by atoms with Gasteiger partial charge in [0.05, 0.1) is 0 Å². The summed E-state index contributed by atoms with van der Waals surface area (Å²) in [5, 5.41) is 2.14. The fourth-order valence-corrected chi connectivity index (χ4v) is 2.76. The van der Waals surface area contributed by atoms with Gasteiger partial charge in [0.15, 0.2) is 0 Å². The summed E-state index contributed by atoms with van der Waals surface area (Å²) < 4.78 is 0. The third-order valence-electron chi connectivity index (χ3n) is 2.95. The minimum atomic E-state index is 0.706. The second kappa shape index (κ2) is 5.31. The molecule has 0 N–H and O–H groups in total. The largest absolute Gasteiger partial charge is 0.144 e. The Morgan fingerprint density at radius 1 is 1.44 bits per heavy atom. The summed E-state index contributed by atoms with van der Waals surface area (Å²) in [5.74, 6) is 0.706. The standard InChI is InChI=1S/C15H18S/c1-3-13-6-4-7-14(11-12(2)10-13)15-8-5-9-16-15/h4-5,7-11,13H,3,6H2,1-2H3/b7-4+,12-10-,14-11+. The van der Waals surface area contributed by atoms with Gasteiger partial charge in [0, 0.05) is 4.88 Å². The Labute approximate surface area is 102 Å². The zero-order valence-corrected chi connectivity index (χ0v) is 10.8. The van der Waals surface area contributed by atoms with Gasteiger partial charge in [-0.25, -0.2) is 0 Å². The van der Waals surface area contributed by atoms with Crippen LogP contribution in [-0.4, -0.2) is 0 Å². The third kappa shape index (κ3) is 2.73. The first-order valence-corrected chi connectivity index (χ1v) is 6.78. The molecule has 84 valence electrons. The van der Waals surface area contributed by atoms with Gasteiger partial charge in [-0.2, -0.15) is 0 Å². The Balaban J connectivity index is 2.31. The highest BCUT2D eigenvalue weighted by Crippen LogP contribution is 2.26. The van der Waals surface area contributed by atoms with Crippen molar-refractivity contribution in [3.05, 3.63) is 52.3 Å². The Morgan fingerprint density at radius 3 is 3.00 bits per heavy atom. The first kappa shape index (κ1) is 11.4. The van der Waals surface area contributed by atoms with Gasteiger partial charge in [-0.05, 0) is 42.7 Å². The van der Waals surface area contributed by atoms with Gasteiger partial charge in [0.25, 0.3) is 0 Å². The number of hydrogen-bond donors (Lipinski definition) is 0. The lowest BCUT2D eigenvalue weighted by Gasteiger charge is -2.11. The van der Waals surface area contributed by atoms with Crippen LogP contribution in [-0.2, 0) is 0 Å². The molecule has 0 aromatic carbocycles. The smallest absolute Gasteiger partial charge is 0.0342 e. The maximum Gasteiger partial charge on any atom is 0.0342 e. The molecule has 1 heterocycles. The van der Waals surface area contributed by atoms with E-state index < -0.39 is 0 Å². The SMILES string of the molecule is CCC1\C=C(C)/C=C(c2cccs2)\C=C\C1. The molecule has 0 saturated carbocycles. The highest BCUT2D eigenvalue weighted by molar-refractivity contribution is 7.11. The Kier molecular flexibility index (Phi) is 3.79. The van der Waals surface area contributed by atoms with Crippen molar-refractivity contribution in [3.8, 4) is 0 Å². The van der Waals surface area contributed by atoms with Crippen LogP contribution in [0.25, 0.3) is 5.57 Å². The van der Waals surface area contributed by atoms with Crippen LogP contribution in [0.1, 0.15) is 31.6 Å². The quantitative estimate of drug-likeness (QED) is 0.666. The molecule has 0 fully saturated rings. The molecule has 0 aliphatic heterocycles. The molecule has 1 unspecified atom stereocenters. The van der Waals surface area contributed by atoms with Crippen LogP contribution in [0.5, 0.6) is 0 Å². The molecule has 1 aromatic heterocycles. The van der Waals surface area contributed by atoms with Gasteiger partial charge in [-0.1, -0.05) is 42.9 Å². The van der Waals surface area contributed by atoms with Crippen LogP contribution in [0.2, 0.25) is 0 Å².